The minimum absolute atomic E-state index is 0.0593. The van der Waals surface area contributed by atoms with E-state index < -0.39 is 16.0 Å². The quantitative estimate of drug-likeness (QED) is 0.789. The lowest BCUT2D eigenvalue weighted by Crippen LogP contribution is -2.52. The van der Waals surface area contributed by atoms with Gasteiger partial charge in [0.1, 0.15) is 10.7 Å². The van der Waals surface area contributed by atoms with Gasteiger partial charge < -0.3 is 14.4 Å². The third-order valence-corrected chi connectivity index (χ3v) is 4.61. The fourth-order valence-corrected chi connectivity index (χ4v) is 3.26. The van der Waals surface area contributed by atoms with Crippen LogP contribution < -0.4 is 4.83 Å². The van der Waals surface area contributed by atoms with Crippen molar-refractivity contribution in [3.8, 4) is 0 Å². The van der Waals surface area contributed by atoms with Gasteiger partial charge in [-0.2, -0.15) is 0 Å². The predicted octanol–water partition coefficient (Wildman–Crippen LogP) is -0.273. The topological polar surface area (TPSA) is 103 Å². The summed E-state index contributed by atoms with van der Waals surface area (Å²) >= 11 is 0. The number of likely N-dealkylation sites (N-methyl/N-ethyl adjacent to an activating group) is 1. The van der Waals surface area contributed by atoms with Crippen LogP contribution in [0.5, 0.6) is 0 Å². The van der Waals surface area contributed by atoms with Gasteiger partial charge >= 0.3 is 5.97 Å². The van der Waals surface area contributed by atoms with Gasteiger partial charge in [-0.15, -0.1) is 4.83 Å². The van der Waals surface area contributed by atoms with Gasteiger partial charge in [0.25, 0.3) is 10.0 Å². The van der Waals surface area contributed by atoms with Crippen LogP contribution in [0.25, 0.3) is 0 Å². The van der Waals surface area contributed by atoms with E-state index in [1.807, 2.05) is 7.05 Å². The van der Waals surface area contributed by atoms with Gasteiger partial charge in [-0.3, -0.25) is 0 Å². The van der Waals surface area contributed by atoms with E-state index in [2.05, 4.69) is 9.73 Å². The highest BCUT2D eigenvalue weighted by molar-refractivity contribution is 7.89. The molecule has 1 aromatic rings. The molecule has 0 aliphatic carbocycles. The number of hydrogen-bond donors (Lipinski definition) is 2. The highest BCUT2D eigenvalue weighted by atomic mass is 32.2. The summed E-state index contributed by atoms with van der Waals surface area (Å²) in [6.07, 6.45) is 0. The largest absolute Gasteiger partial charge is 0.475 e. The molecule has 1 aromatic heterocycles. The first-order valence-electron chi connectivity index (χ1n) is 6.09. The van der Waals surface area contributed by atoms with Crippen molar-refractivity contribution in [3.63, 3.8) is 0 Å². The van der Waals surface area contributed by atoms with Crippen molar-refractivity contribution < 1.29 is 22.7 Å². The molecule has 0 radical (unpaired) electrons. The third kappa shape index (κ3) is 3.18. The van der Waals surface area contributed by atoms with Crippen LogP contribution in [0.15, 0.2) is 15.4 Å². The fourth-order valence-electron chi connectivity index (χ4n) is 1.95. The average molecular weight is 303 g/mol. The maximum absolute atomic E-state index is 12.2. The molecule has 20 heavy (non-hydrogen) atoms. The molecular weight excluding hydrogens is 286 g/mol. The normalized spacial score (nSPS) is 18.3. The molecule has 0 unspecified atom stereocenters. The molecule has 0 aromatic carbocycles. The van der Waals surface area contributed by atoms with Crippen LogP contribution in [0, 0.1) is 6.92 Å². The lowest BCUT2D eigenvalue weighted by molar-refractivity contribution is 0.0661. The van der Waals surface area contributed by atoms with Gasteiger partial charge in [-0.25, -0.2) is 18.2 Å². The van der Waals surface area contributed by atoms with E-state index in [0.29, 0.717) is 13.1 Å². The molecule has 2 N–H and O–H groups in total. The van der Waals surface area contributed by atoms with Crippen molar-refractivity contribution in [2.24, 2.45) is 0 Å². The highest BCUT2D eigenvalue weighted by Gasteiger charge is 2.26. The molecule has 0 atom stereocenters. The van der Waals surface area contributed by atoms with Crippen molar-refractivity contribution >= 4 is 16.0 Å². The number of furan rings is 1. The molecule has 1 saturated heterocycles. The number of hydrazine groups is 1. The zero-order valence-electron chi connectivity index (χ0n) is 11.3. The summed E-state index contributed by atoms with van der Waals surface area (Å²) in [5, 5.41) is 10.4. The Labute approximate surface area is 117 Å². The first-order chi connectivity index (χ1) is 9.29. The summed E-state index contributed by atoms with van der Waals surface area (Å²) in [6.45, 7) is 4.07. The van der Waals surface area contributed by atoms with Crippen molar-refractivity contribution in [1.29, 1.82) is 0 Å². The minimum atomic E-state index is -3.82. The van der Waals surface area contributed by atoms with E-state index in [4.69, 9.17) is 9.52 Å². The lowest BCUT2D eigenvalue weighted by Gasteiger charge is -2.31. The molecule has 0 bridgehead atoms. The Bertz CT molecular complexity index is 602. The number of aryl methyl sites for hydroxylation is 1. The Kier molecular flexibility index (Phi) is 4.14. The van der Waals surface area contributed by atoms with Gasteiger partial charge in [0.15, 0.2) is 0 Å². The molecule has 0 saturated carbocycles. The summed E-state index contributed by atoms with van der Waals surface area (Å²) < 4.78 is 29.4. The van der Waals surface area contributed by atoms with Crippen LogP contribution in [0.3, 0.4) is 0 Å². The zero-order chi connectivity index (χ0) is 14.9. The molecule has 2 rings (SSSR count). The predicted molar refractivity (Wildman–Crippen MR) is 69.8 cm³/mol. The number of sulfonamides is 1. The standard InChI is InChI=1S/C11H17N3O5S/c1-8-10(7-9(19-8)11(15)16)20(17,18)12-14-5-3-13(2)4-6-14/h7,12H,3-6H2,1-2H3,(H,15,16). The molecule has 2 heterocycles. The van der Waals surface area contributed by atoms with Crippen LogP contribution in [0.2, 0.25) is 0 Å². The molecule has 1 aliphatic rings. The lowest BCUT2D eigenvalue weighted by atomic mass is 10.4. The van der Waals surface area contributed by atoms with E-state index >= 15 is 0 Å². The first-order valence-corrected chi connectivity index (χ1v) is 7.57. The Morgan fingerprint density at radius 3 is 2.45 bits per heavy atom. The van der Waals surface area contributed by atoms with Crippen LogP contribution in [-0.2, 0) is 10.0 Å². The molecule has 8 nitrogen and oxygen atoms in total. The Morgan fingerprint density at radius 2 is 1.95 bits per heavy atom. The summed E-state index contributed by atoms with van der Waals surface area (Å²) in [7, 11) is -1.86. The van der Waals surface area contributed by atoms with E-state index in [0.717, 1.165) is 19.2 Å². The van der Waals surface area contributed by atoms with Gasteiger partial charge in [0.05, 0.1) is 0 Å². The molecule has 0 amide bonds. The SMILES string of the molecule is Cc1oc(C(=O)O)cc1S(=O)(=O)NN1CCN(C)CC1. The number of carbonyl (C=O) groups is 1. The minimum Gasteiger partial charge on any atom is -0.475 e. The summed E-state index contributed by atoms with van der Waals surface area (Å²) in [6, 6.07) is 1.02. The molecule has 1 fully saturated rings. The van der Waals surface area contributed by atoms with Crippen molar-refractivity contribution in [1.82, 2.24) is 14.7 Å². The maximum Gasteiger partial charge on any atom is 0.371 e. The summed E-state index contributed by atoms with van der Waals surface area (Å²) in [5.41, 5.74) is 0. The number of carboxylic acid groups (broad SMARTS) is 1. The third-order valence-electron chi connectivity index (χ3n) is 3.13. The number of hydrogen-bond acceptors (Lipinski definition) is 6. The number of carboxylic acids is 1. The van der Waals surface area contributed by atoms with Gasteiger partial charge in [-0.05, 0) is 14.0 Å². The number of nitrogens with one attached hydrogen (secondary N) is 1. The van der Waals surface area contributed by atoms with E-state index in [1.165, 1.54) is 6.92 Å². The zero-order valence-corrected chi connectivity index (χ0v) is 12.1. The smallest absolute Gasteiger partial charge is 0.371 e. The first kappa shape index (κ1) is 15.0. The van der Waals surface area contributed by atoms with E-state index in [9.17, 15) is 13.2 Å². The second-order valence-corrected chi connectivity index (χ2v) is 6.35. The molecule has 0 spiro atoms. The maximum atomic E-state index is 12.2. The Morgan fingerprint density at radius 1 is 1.35 bits per heavy atom. The molecular formula is C11H17N3O5S. The highest BCUT2D eigenvalue weighted by Crippen LogP contribution is 2.20. The second-order valence-electron chi connectivity index (χ2n) is 4.72. The number of nitrogens with zero attached hydrogens (tertiary/aromatic N) is 2. The molecule has 9 heteroatoms. The summed E-state index contributed by atoms with van der Waals surface area (Å²) in [5.74, 6) is -1.63. The average Bonchev–Trinajstić information content (AvgIpc) is 2.75. The molecule has 112 valence electrons. The Hall–Kier alpha value is -1.42. The van der Waals surface area contributed by atoms with Gasteiger partial charge in [-0.1, -0.05) is 0 Å². The van der Waals surface area contributed by atoms with Crippen molar-refractivity contribution in [2.45, 2.75) is 11.8 Å². The monoisotopic (exact) mass is 303 g/mol. The number of rotatable bonds is 4. The Balaban J connectivity index is 2.16. The molecule has 1 aliphatic heterocycles. The second kappa shape index (κ2) is 5.52. The summed E-state index contributed by atoms with van der Waals surface area (Å²) in [4.78, 5) is 15.2. The fraction of sp³-hybridized carbons (Fsp3) is 0.545. The van der Waals surface area contributed by atoms with Crippen molar-refractivity contribution in [2.75, 3.05) is 33.2 Å². The number of piperazine rings is 1. The van der Waals surface area contributed by atoms with E-state index in [-0.39, 0.29) is 16.4 Å². The van der Waals surface area contributed by atoms with Crippen molar-refractivity contribution in [3.05, 3.63) is 17.6 Å². The van der Waals surface area contributed by atoms with Crippen LogP contribution in [0.1, 0.15) is 16.3 Å². The van der Waals surface area contributed by atoms with Crippen LogP contribution >= 0.6 is 0 Å². The van der Waals surface area contributed by atoms with E-state index in [1.54, 1.807) is 5.01 Å². The van der Waals surface area contributed by atoms with Crippen LogP contribution in [0.4, 0.5) is 0 Å². The van der Waals surface area contributed by atoms with Gasteiger partial charge in [0, 0.05) is 32.2 Å². The number of aromatic carboxylic acids is 1. The van der Waals surface area contributed by atoms with Crippen LogP contribution in [-0.4, -0.2) is 62.6 Å². The van der Waals surface area contributed by atoms with Gasteiger partial charge in [0.2, 0.25) is 5.76 Å².